The number of aryl methyl sites for hydroxylation is 3. The summed E-state index contributed by atoms with van der Waals surface area (Å²) in [5.41, 5.74) is 12.5. The van der Waals surface area contributed by atoms with Crippen molar-refractivity contribution in [3.63, 3.8) is 0 Å². The number of aromatic nitrogens is 11. The molecule has 8 aromatic heterocycles. The quantitative estimate of drug-likeness (QED) is 0.115. The number of rotatable bonds is 10. The van der Waals surface area contributed by atoms with Gasteiger partial charge in [0.25, 0.3) is 40.3 Å². The zero-order valence-electron chi connectivity index (χ0n) is 61.4. The molecule has 0 bridgehead atoms. The average Bonchev–Trinajstić information content (AvgIpc) is 1.54. The summed E-state index contributed by atoms with van der Waals surface area (Å²) in [6, 6.07) is 18.9. The highest BCUT2D eigenvalue weighted by atomic mass is 79.9. The van der Waals surface area contributed by atoms with Crippen LogP contribution in [-0.2, 0) is 61.2 Å². The molecule has 13 rings (SSSR count). The van der Waals surface area contributed by atoms with Crippen LogP contribution in [0.25, 0.3) is 11.3 Å². The molecular weight excluding hydrogens is 1680 g/mol. The van der Waals surface area contributed by atoms with Gasteiger partial charge in [0.15, 0.2) is 5.15 Å². The molecule has 110 heavy (non-hydrogen) atoms. The largest absolute Gasteiger partial charge is 0.384 e. The molecule has 4 aliphatic heterocycles. The van der Waals surface area contributed by atoms with E-state index in [0.717, 1.165) is 40.9 Å². The Labute approximate surface area is 707 Å². The normalized spacial score (nSPS) is 18.2. The minimum atomic E-state index is -0.327. The van der Waals surface area contributed by atoms with Crippen molar-refractivity contribution >= 4 is 183 Å². The molecule has 4 amide bonds. The Morgan fingerprint density at radius 3 is 1.43 bits per heavy atom. The van der Waals surface area contributed by atoms with E-state index in [1.54, 1.807) is 73.7 Å². The number of hydrogen-bond acceptors (Lipinski definition) is 20. The number of nitrogens with two attached hydrogens (primary N) is 1. The van der Waals surface area contributed by atoms with E-state index in [2.05, 4.69) is 97.2 Å². The van der Waals surface area contributed by atoms with Crippen LogP contribution in [0.15, 0.2) is 115 Å². The van der Waals surface area contributed by atoms with Crippen LogP contribution in [-0.4, -0.2) is 175 Å². The van der Waals surface area contributed by atoms with E-state index in [-0.39, 0.29) is 202 Å². The van der Waals surface area contributed by atoms with Gasteiger partial charge in [0.05, 0.1) is 103 Å². The Morgan fingerprint density at radius 2 is 1.00 bits per heavy atom. The van der Waals surface area contributed by atoms with Crippen molar-refractivity contribution in [2.75, 3.05) is 67.5 Å². The van der Waals surface area contributed by atoms with Gasteiger partial charge in [-0.3, -0.25) is 38.5 Å². The number of nitrogen functional groups attached to an aromatic ring is 1. The number of nitrogens with zero attached hydrogens (tertiary/aromatic N) is 15. The van der Waals surface area contributed by atoms with Crippen molar-refractivity contribution in [3.05, 3.63) is 176 Å². The van der Waals surface area contributed by atoms with Gasteiger partial charge in [-0.2, -0.15) is 96.3 Å². The topological polar surface area (TPSA) is 320 Å². The van der Waals surface area contributed by atoms with Gasteiger partial charge >= 0.3 is 0 Å². The molecule has 28 nitrogen and oxygen atoms in total. The molecule has 1 aliphatic carbocycles. The van der Waals surface area contributed by atoms with Crippen molar-refractivity contribution in [3.8, 4) is 11.3 Å². The van der Waals surface area contributed by atoms with E-state index in [4.69, 9.17) is 36.5 Å². The molecule has 0 radical (unpaired) electrons. The Hall–Kier alpha value is -6.97. The van der Waals surface area contributed by atoms with Crippen molar-refractivity contribution < 1.29 is 33.4 Å². The second kappa shape index (κ2) is 43.9. The second-order valence-electron chi connectivity index (χ2n) is 26.5. The molecule has 37 heteroatoms. The summed E-state index contributed by atoms with van der Waals surface area (Å²) in [4.78, 5) is 113. The van der Waals surface area contributed by atoms with E-state index in [1.165, 1.54) is 52.3 Å². The van der Waals surface area contributed by atoms with Gasteiger partial charge in [0, 0.05) is 81.9 Å². The monoisotopic (exact) mass is 1780 g/mol. The lowest BCUT2D eigenvalue weighted by Gasteiger charge is -2.38. The molecule has 0 unspecified atom stereocenters. The number of ether oxygens (including phenoxy) is 3. The van der Waals surface area contributed by atoms with Gasteiger partial charge in [-0.05, 0) is 164 Å². The van der Waals surface area contributed by atoms with E-state index in [0.29, 0.717) is 107 Å². The van der Waals surface area contributed by atoms with Gasteiger partial charge in [-0.1, -0.05) is 54.7 Å². The van der Waals surface area contributed by atoms with Gasteiger partial charge in [0.1, 0.15) is 44.9 Å². The van der Waals surface area contributed by atoms with Gasteiger partial charge in [-0.15, -0.1) is 0 Å². The molecular formula is C73H107Br2ClN18O10S6. The number of pyridine rings is 4. The molecule has 8 aromatic rings. The van der Waals surface area contributed by atoms with Crippen LogP contribution in [0.2, 0.25) is 5.15 Å². The first kappa shape index (κ1) is 101. The lowest BCUT2D eigenvalue weighted by Crippen LogP contribution is -2.52. The Morgan fingerprint density at radius 1 is 0.564 bits per heavy atom. The first-order valence-corrected chi connectivity index (χ1v) is 35.1. The van der Waals surface area contributed by atoms with Crippen LogP contribution in [0.3, 0.4) is 0 Å². The number of anilines is 6. The van der Waals surface area contributed by atoms with Gasteiger partial charge in [-0.25, -0.2) is 34.0 Å². The highest BCUT2D eigenvalue weighted by Crippen LogP contribution is 2.40. The van der Waals surface area contributed by atoms with Crippen molar-refractivity contribution in [2.45, 2.75) is 147 Å². The summed E-state index contributed by atoms with van der Waals surface area (Å²) >= 11 is 12.1. The summed E-state index contributed by atoms with van der Waals surface area (Å²) < 4.78 is 23.5. The molecule has 4 N–H and O–H groups in total. The first-order chi connectivity index (χ1) is 48.0. The number of carbonyl (C=O) groups is 4. The molecule has 606 valence electrons. The van der Waals surface area contributed by atoms with Crippen LogP contribution in [0.4, 0.5) is 34.6 Å². The van der Waals surface area contributed by atoms with Crippen LogP contribution in [0.1, 0.15) is 143 Å². The molecule has 3 saturated heterocycles. The highest BCUT2D eigenvalue weighted by molar-refractivity contribution is 9.11. The lowest BCUT2D eigenvalue weighted by molar-refractivity contribution is -0.0251. The smallest absolute Gasteiger partial charge is 0.290 e. The highest BCUT2D eigenvalue weighted by Gasteiger charge is 2.39. The van der Waals surface area contributed by atoms with Crippen molar-refractivity contribution in [1.82, 2.24) is 68.5 Å². The molecule has 0 spiro atoms. The summed E-state index contributed by atoms with van der Waals surface area (Å²) in [7, 11) is 4.71. The maximum atomic E-state index is 13.9. The molecule has 6 atom stereocenters. The number of nitrogens with one attached hydrogen (secondary N) is 2. The minimum absolute atomic E-state index is 0. The molecule has 5 aliphatic rings. The fourth-order valence-electron chi connectivity index (χ4n) is 13.1. The Balaban J connectivity index is 0.000000824. The lowest BCUT2D eigenvalue weighted by atomic mass is 9.90. The van der Waals surface area contributed by atoms with E-state index >= 15 is 0 Å². The third-order valence-electron chi connectivity index (χ3n) is 17.9. The zero-order chi connectivity index (χ0) is 72.9. The summed E-state index contributed by atoms with van der Waals surface area (Å²) in [6.07, 6.45) is 8.79. The average molecular weight is 1780 g/mol. The summed E-state index contributed by atoms with van der Waals surface area (Å²) in [5.74, 6) is 1.64. The Bertz CT molecular complexity index is 4550. The summed E-state index contributed by atoms with van der Waals surface area (Å²) in [5, 5.41) is 18.5. The number of carbonyl (C=O) groups excluding carboxylic acids is 4. The standard InChI is InChI=1S/C36H42N8O4.C17H20ClN5O3.C12H17N3O2.C5H4Br2N2O.3CH4.6H2S/c1-7-25-26(10-11-37-32(25)43-13-12-42-29(35(43)47)14-24-16-36(4,5)17-30(24)42)27-15-28(34(46)41(6)40-27)39-31-9-8-23(18-38-31)33(45)44-21(2)19-48-20-22(44)3;1-10-8-26-9-11(2)23(10)16(24)12-4-5-15(19-7-12)20-13-6-14(18)21-22(3)17(13)25;1-8-6-17-7-9(2)15(8)12(16)10-3-4-11(13)14-5-10;1-9-5(10)3(6)2-4(7)8-9;;;;;;;;;/h8-11,14-15,18,21-22H,7,12-13,16-17,19-20H2,1-6H3,(H,38,39);4-7,10-11H,8-9H2,1-3H3,(H,19,20);3-5,8-9H,6-7H2,1-2H3,(H2,13,14);2H,1H3;3*1H4;6*1H2/t21-,22-;10-,11-;8-,9-;;;;;;;;;;/m000........../s1. The number of fused-ring (bicyclic) bond motifs is 3. The molecule has 0 saturated carbocycles. The number of hydrogen-bond donors (Lipinski definition) is 3. The first-order valence-electron chi connectivity index (χ1n) is 33.1. The summed E-state index contributed by atoms with van der Waals surface area (Å²) in [6.45, 7) is 22.9. The Kier molecular flexibility index (Phi) is 40.3. The fraction of sp³-hybridized carbons (Fsp3) is 0.452. The third-order valence-corrected chi connectivity index (χ3v) is 19.1. The van der Waals surface area contributed by atoms with Crippen molar-refractivity contribution in [2.24, 2.45) is 26.6 Å². The minimum Gasteiger partial charge on any atom is -0.384 e. The van der Waals surface area contributed by atoms with E-state index in [1.807, 2.05) is 69.2 Å². The van der Waals surface area contributed by atoms with Crippen LogP contribution >= 0.6 is 124 Å². The second-order valence-corrected chi connectivity index (χ2v) is 28.6. The SMILES string of the molecule is C.C.C.CCc1c(-c2cc(Nc3ccc(C(=O)N4[C@@H](C)COC[C@@H]4C)cn3)c(=O)n(C)n2)ccnc1N1CCn2c(cc3c2CC(C)(C)C3)C1=O.C[C@H]1COC[C@H](C)N1C(=O)c1ccc(N)nc1.C[C@H]1COC[C@H](C)N1C(=O)c1ccc(Nc2cc(Cl)nn(C)c2=O)nc1.Cn1nc(Br)cc(Br)c1=O.S.S.S.S.S.S. The van der Waals surface area contributed by atoms with Crippen LogP contribution < -0.4 is 37.9 Å². The van der Waals surface area contributed by atoms with Gasteiger partial charge < -0.3 is 49.8 Å². The molecule has 0 aromatic carbocycles. The number of amides is 4. The number of halogens is 3. The molecule has 3 fully saturated rings. The van der Waals surface area contributed by atoms with E-state index < -0.39 is 0 Å². The zero-order valence-corrected chi connectivity index (χ0v) is 71.3. The maximum absolute atomic E-state index is 13.9. The fourth-order valence-corrected chi connectivity index (χ4v) is 14.6. The predicted octanol–water partition coefficient (Wildman–Crippen LogP) is 11.0. The maximum Gasteiger partial charge on any atom is 0.290 e. The van der Waals surface area contributed by atoms with E-state index in [9.17, 15) is 33.6 Å². The third kappa shape index (κ3) is 23.4. The number of morpholine rings is 3. The van der Waals surface area contributed by atoms with Crippen LogP contribution in [0.5, 0.6) is 0 Å². The van der Waals surface area contributed by atoms with Crippen LogP contribution in [0, 0.1) is 5.41 Å². The predicted molar refractivity (Wildman–Crippen MR) is 473 cm³/mol. The van der Waals surface area contributed by atoms with Crippen molar-refractivity contribution in [1.29, 1.82) is 0 Å². The van der Waals surface area contributed by atoms with Gasteiger partial charge in [0.2, 0.25) is 0 Å². The molecule has 12 heterocycles.